The molecule has 0 atom stereocenters. The minimum Gasteiger partial charge on any atom is -0.0876 e. The van der Waals surface area contributed by atoms with Crippen LogP contribution in [-0.2, 0) is 10.7 Å². The minimum absolute atomic E-state index is 0.959. The molecule has 0 spiro atoms. The molecule has 0 saturated carbocycles. The second-order valence-electron chi connectivity index (χ2n) is 5.25. The zero-order valence-electron chi connectivity index (χ0n) is 11.0. The lowest BCUT2D eigenvalue weighted by molar-refractivity contribution is 0.870. The molecule has 0 N–H and O–H groups in total. The topological polar surface area (TPSA) is 0 Å². The molecule has 0 fully saturated rings. The van der Waals surface area contributed by atoms with Gasteiger partial charge in [-0.25, -0.2) is 0 Å². The molecule has 0 bridgehead atoms. The summed E-state index contributed by atoms with van der Waals surface area (Å²) in [5.74, 6) is 0. The maximum atomic E-state index is 3.63. The highest BCUT2D eigenvalue weighted by molar-refractivity contribution is 9.08. The van der Waals surface area contributed by atoms with E-state index in [-0.39, 0.29) is 0 Å². The van der Waals surface area contributed by atoms with Gasteiger partial charge in [0, 0.05) is 10.7 Å². The first-order valence-corrected chi connectivity index (χ1v) is 11.7. The Morgan fingerprint density at radius 2 is 1.82 bits per heavy atom. The molecule has 17 heavy (non-hydrogen) atoms. The predicted octanol–water partition coefficient (Wildman–Crippen LogP) is 5.19. The van der Waals surface area contributed by atoms with Crippen molar-refractivity contribution in [1.82, 2.24) is 0 Å². The molecule has 1 rings (SSSR count). The van der Waals surface area contributed by atoms with Gasteiger partial charge in [0.05, 0.1) is 8.07 Å². The molecule has 0 nitrogen and oxygen atoms in total. The summed E-state index contributed by atoms with van der Waals surface area (Å²) in [6.45, 7) is 7.29. The van der Waals surface area contributed by atoms with E-state index in [9.17, 15) is 0 Å². The summed E-state index contributed by atoms with van der Waals surface area (Å²) >= 11 is 7.19. The molecule has 0 aromatic heterocycles. The lowest BCUT2D eigenvalue weighted by Gasteiger charge is -2.26. The maximum absolute atomic E-state index is 3.63. The van der Waals surface area contributed by atoms with Gasteiger partial charge in [0.15, 0.2) is 0 Å². The van der Waals surface area contributed by atoms with E-state index < -0.39 is 8.07 Å². The molecular weight excluding hydrogens is 356 g/mol. The van der Waals surface area contributed by atoms with Crippen molar-refractivity contribution in [2.24, 2.45) is 0 Å². The number of benzene rings is 1. The number of hydrogen-bond donors (Lipinski definition) is 0. The van der Waals surface area contributed by atoms with Crippen LogP contribution >= 0.6 is 31.9 Å². The average molecular weight is 378 g/mol. The Morgan fingerprint density at radius 1 is 1.12 bits per heavy atom. The first-order chi connectivity index (χ1) is 8.05. The van der Waals surface area contributed by atoms with Gasteiger partial charge >= 0.3 is 0 Å². The molecule has 0 aliphatic rings. The first kappa shape index (κ1) is 15.5. The zero-order chi connectivity index (χ0) is 12.9. The molecule has 0 aliphatic carbocycles. The molecule has 0 heterocycles. The zero-order valence-corrected chi connectivity index (χ0v) is 15.2. The van der Waals surface area contributed by atoms with Gasteiger partial charge in [0.25, 0.3) is 0 Å². The fraction of sp³-hybridized carbons (Fsp3) is 0.571. The van der Waals surface area contributed by atoms with Crippen molar-refractivity contribution in [3.05, 3.63) is 29.3 Å². The van der Waals surface area contributed by atoms with Crippen molar-refractivity contribution < 1.29 is 0 Å². The Balaban J connectivity index is 3.07. The molecule has 3 heteroatoms. The summed E-state index contributed by atoms with van der Waals surface area (Å²) in [5.41, 5.74) is 2.89. The molecule has 0 amide bonds. The van der Waals surface area contributed by atoms with E-state index in [1.165, 1.54) is 30.0 Å². The summed E-state index contributed by atoms with van der Waals surface area (Å²) in [6, 6.07) is 8.35. The van der Waals surface area contributed by atoms with Gasteiger partial charge in [0.1, 0.15) is 0 Å². The fourth-order valence-corrected chi connectivity index (χ4v) is 6.43. The lowest BCUT2D eigenvalue weighted by atomic mass is 10.2. The number of hydrogen-bond acceptors (Lipinski definition) is 0. The summed E-state index contributed by atoms with van der Waals surface area (Å²) in [6.07, 6.45) is 2.66. The molecule has 1 aromatic carbocycles. The number of alkyl halides is 2. The van der Waals surface area contributed by atoms with Gasteiger partial charge < -0.3 is 0 Å². The second kappa shape index (κ2) is 7.10. The van der Waals surface area contributed by atoms with Crippen molar-refractivity contribution in [2.45, 2.75) is 49.6 Å². The molecule has 0 aliphatic heterocycles. The van der Waals surface area contributed by atoms with Crippen LogP contribution in [0.1, 0.15) is 30.9 Å². The molecule has 96 valence electrons. The van der Waals surface area contributed by atoms with Crippen LogP contribution in [0.15, 0.2) is 18.2 Å². The van der Waals surface area contributed by atoms with Crippen LogP contribution in [0.2, 0.25) is 19.1 Å². The second-order valence-corrected chi connectivity index (χ2v) is 11.2. The van der Waals surface area contributed by atoms with Crippen LogP contribution < -0.4 is 5.19 Å². The Bertz CT molecular complexity index is 361. The van der Waals surface area contributed by atoms with Crippen LogP contribution in [0.4, 0.5) is 0 Å². The maximum Gasteiger partial charge on any atom is 0.0810 e. The van der Waals surface area contributed by atoms with Gasteiger partial charge in [-0.15, -0.1) is 0 Å². The number of unbranched alkanes of at least 4 members (excludes halogenated alkanes) is 1. The standard InChI is InChI=1S/C14H22Br2Si/c1-4-5-8-17(2,3)14-9-12(10-15)6-7-13(14)11-16/h6-7,9H,4-5,8,10-11H2,1-3H3. The summed E-state index contributed by atoms with van der Waals surface area (Å²) in [4.78, 5) is 0. The summed E-state index contributed by atoms with van der Waals surface area (Å²) in [5, 5.41) is 3.58. The summed E-state index contributed by atoms with van der Waals surface area (Å²) < 4.78 is 0. The van der Waals surface area contributed by atoms with Crippen LogP contribution in [-0.4, -0.2) is 8.07 Å². The Labute approximate surface area is 123 Å². The Kier molecular flexibility index (Phi) is 6.46. The quantitative estimate of drug-likeness (QED) is 0.472. The van der Waals surface area contributed by atoms with Crippen molar-refractivity contribution in [1.29, 1.82) is 0 Å². The van der Waals surface area contributed by atoms with Gasteiger partial charge in [-0.1, -0.05) is 94.1 Å². The van der Waals surface area contributed by atoms with Gasteiger partial charge in [0.2, 0.25) is 0 Å². The number of halogens is 2. The van der Waals surface area contributed by atoms with Crippen LogP contribution in [0, 0.1) is 0 Å². The fourth-order valence-electron chi connectivity index (χ4n) is 2.21. The molecule has 0 saturated heterocycles. The SMILES string of the molecule is CCCC[Si](C)(C)c1cc(CBr)ccc1CBr. The van der Waals surface area contributed by atoms with Gasteiger partial charge in [-0.2, -0.15) is 0 Å². The predicted molar refractivity (Wildman–Crippen MR) is 88.5 cm³/mol. The Hall–Kier alpha value is 0.397. The monoisotopic (exact) mass is 376 g/mol. The van der Waals surface area contributed by atoms with E-state index in [4.69, 9.17) is 0 Å². The molecule has 0 radical (unpaired) electrons. The van der Waals surface area contributed by atoms with Crippen molar-refractivity contribution in [3.8, 4) is 0 Å². The summed E-state index contributed by atoms with van der Waals surface area (Å²) in [7, 11) is -1.26. The van der Waals surface area contributed by atoms with Crippen LogP contribution in [0.25, 0.3) is 0 Å². The smallest absolute Gasteiger partial charge is 0.0810 e. The van der Waals surface area contributed by atoms with Gasteiger partial charge in [-0.05, 0) is 11.1 Å². The van der Waals surface area contributed by atoms with E-state index in [1.54, 1.807) is 5.19 Å². The number of rotatable bonds is 6. The average Bonchev–Trinajstić information content (AvgIpc) is 2.35. The molecule has 0 unspecified atom stereocenters. The van der Waals surface area contributed by atoms with E-state index in [2.05, 4.69) is 70.1 Å². The highest BCUT2D eigenvalue weighted by atomic mass is 79.9. The van der Waals surface area contributed by atoms with Crippen molar-refractivity contribution >= 4 is 45.1 Å². The van der Waals surface area contributed by atoms with Crippen molar-refractivity contribution in [3.63, 3.8) is 0 Å². The van der Waals surface area contributed by atoms with E-state index in [0.29, 0.717) is 0 Å². The van der Waals surface area contributed by atoms with Crippen LogP contribution in [0.3, 0.4) is 0 Å². The Morgan fingerprint density at radius 3 is 2.35 bits per heavy atom. The first-order valence-electron chi connectivity index (χ1n) is 6.29. The third-order valence-electron chi connectivity index (χ3n) is 3.36. The normalized spacial score (nSPS) is 11.8. The highest BCUT2D eigenvalue weighted by Crippen LogP contribution is 2.19. The molecular formula is C14H22Br2Si. The van der Waals surface area contributed by atoms with E-state index in [0.717, 1.165) is 10.7 Å². The van der Waals surface area contributed by atoms with Crippen molar-refractivity contribution in [2.75, 3.05) is 0 Å². The minimum atomic E-state index is -1.26. The van der Waals surface area contributed by atoms with E-state index in [1.807, 2.05) is 0 Å². The van der Waals surface area contributed by atoms with Crippen LogP contribution in [0.5, 0.6) is 0 Å². The largest absolute Gasteiger partial charge is 0.0876 e. The lowest BCUT2D eigenvalue weighted by Crippen LogP contribution is -2.43. The van der Waals surface area contributed by atoms with E-state index >= 15 is 0 Å². The van der Waals surface area contributed by atoms with Gasteiger partial charge in [-0.3, -0.25) is 0 Å². The third kappa shape index (κ3) is 4.21. The molecule has 1 aromatic rings. The highest BCUT2D eigenvalue weighted by Gasteiger charge is 2.25. The third-order valence-corrected chi connectivity index (χ3v) is 8.14.